The van der Waals surface area contributed by atoms with E-state index in [0.717, 1.165) is 29.0 Å². The first-order chi connectivity index (χ1) is 8.09. The summed E-state index contributed by atoms with van der Waals surface area (Å²) in [5.41, 5.74) is 0. The van der Waals surface area contributed by atoms with Gasteiger partial charge in [0.15, 0.2) is 8.32 Å². The van der Waals surface area contributed by atoms with Crippen LogP contribution in [0.25, 0.3) is 0 Å². The van der Waals surface area contributed by atoms with Gasteiger partial charge in [0, 0.05) is 4.43 Å². The molecule has 17 heavy (non-hydrogen) atoms. The molecule has 0 rings (SSSR count). The number of hydrogen-bond acceptors (Lipinski definition) is 3. The first-order valence-corrected chi connectivity index (χ1v) is 10.5. The first kappa shape index (κ1) is 17.4. The third-order valence-corrected chi connectivity index (χ3v) is 8.52. The summed E-state index contributed by atoms with van der Waals surface area (Å²) >= 11 is 2.28. The molecule has 0 saturated heterocycles. The Morgan fingerprint density at radius 1 is 1.18 bits per heavy atom. The molecule has 0 aromatic heterocycles. The number of carbonyl (C=O) groups excluding carboxylic acids is 1. The van der Waals surface area contributed by atoms with E-state index in [9.17, 15) is 4.79 Å². The molecule has 1 atom stereocenters. The van der Waals surface area contributed by atoms with Crippen LogP contribution in [-0.4, -0.2) is 31.4 Å². The summed E-state index contributed by atoms with van der Waals surface area (Å²) in [4.78, 5) is 11.8. The monoisotopic (exact) mass is 372 g/mol. The van der Waals surface area contributed by atoms with Gasteiger partial charge in [-0.05, 0) is 31.5 Å². The third-order valence-electron chi connectivity index (χ3n) is 3.25. The normalized spacial score (nSPS) is 13.5. The van der Waals surface area contributed by atoms with Crippen LogP contribution >= 0.6 is 22.6 Å². The largest absolute Gasteiger partial charge is 0.464 e. The van der Waals surface area contributed by atoms with Crippen molar-refractivity contribution in [3.8, 4) is 0 Å². The Hall–Kier alpha value is 0.377. The molecule has 0 aliphatic heterocycles. The highest BCUT2D eigenvalue weighted by molar-refractivity contribution is 14.1. The van der Waals surface area contributed by atoms with Crippen LogP contribution in [0.3, 0.4) is 0 Å². The minimum atomic E-state index is -1.71. The van der Waals surface area contributed by atoms with Crippen LogP contribution in [0.1, 0.15) is 34.1 Å². The van der Waals surface area contributed by atoms with Crippen molar-refractivity contribution in [2.75, 3.05) is 11.0 Å². The molecule has 5 heteroatoms. The van der Waals surface area contributed by atoms with Gasteiger partial charge in [0.25, 0.3) is 0 Å². The second-order valence-electron chi connectivity index (χ2n) is 4.08. The topological polar surface area (TPSA) is 35.5 Å². The molecule has 0 unspecified atom stereocenters. The lowest BCUT2D eigenvalue weighted by Gasteiger charge is -2.32. The van der Waals surface area contributed by atoms with Crippen molar-refractivity contribution >= 4 is 36.9 Å². The highest BCUT2D eigenvalue weighted by Gasteiger charge is 2.34. The van der Waals surface area contributed by atoms with Crippen molar-refractivity contribution in [2.45, 2.75) is 58.4 Å². The fourth-order valence-corrected chi connectivity index (χ4v) is 5.24. The summed E-state index contributed by atoms with van der Waals surface area (Å²) in [5.74, 6) is -0.184. The van der Waals surface area contributed by atoms with Crippen molar-refractivity contribution < 1.29 is 14.0 Å². The Balaban J connectivity index is 4.65. The average molecular weight is 372 g/mol. The second kappa shape index (κ2) is 9.33. The molecule has 3 nitrogen and oxygen atoms in total. The quantitative estimate of drug-likeness (QED) is 0.268. The van der Waals surface area contributed by atoms with Crippen molar-refractivity contribution in [3.05, 3.63) is 0 Å². The molecule has 0 amide bonds. The van der Waals surface area contributed by atoms with E-state index in [1.165, 1.54) is 0 Å². The molecular weight excluding hydrogens is 347 g/mol. The number of rotatable bonds is 9. The summed E-state index contributed by atoms with van der Waals surface area (Å²) in [6.07, 6.45) is 0.409. The standard InChI is InChI=1S/C12H25IO3Si/c1-5-15-12(14)11(9-10-13)16-17(6-2,7-3)8-4/h11H,5-10H2,1-4H3/t11-/m0/s1. The summed E-state index contributed by atoms with van der Waals surface area (Å²) in [7, 11) is -1.71. The number of halogens is 1. The fourth-order valence-electron chi connectivity index (χ4n) is 1.86. The molecule has 0 aromatic carbocycles. The molecule has 0 saturated carbocycles. The summed E-state index contributed by atoms with van der Waals surface area (Å²) in [6, 6.07) is 3.20. The van der Waals surface area contributed by atoms with Gasteiger partial charge in [0.1, 0.15) is 6.10 Å². The Morgan fingerprint density at radius 2 is 1.71 bits per heavy atom. The van der Waals surface area contributed by atoms with Crippen molar-refractivity contribution in [2.24, 2.45) is 0 Å². The van der Waals surface area contributed by atoms with Crippen LogP contribution in [0.2, 0.25) is 18.1 Å². The summed E-state index contributed by atoms with van der Waals surface area (Å²) in [6.45, 7) is 8.78. The van der Waals surface area contributed by atoms with E-state index < -0.39 is 8.32 Å². The Kier molecular flexibility index (Phi) is 9.53. The van der Waals surface area contributed by atoms with E-state index in [0.29, 0.717) is 6.61 Å². The molecule has 0 N–H and O–H groups in total. The Bertz CT molecular complexity index is 212. The van der Waals surface area contributed by atoms with E-state index in [2.05, 4.69) is 43.4 Å². The molecule has 102 valence electrons. The lowest BCUT2D eigenvalue weighted by molar-refractivity contribution is -0.152. The maximum Gasteiger partial charge on any atom is 0.334 e. The van der Waals surface area contributed by atoms with Gasteiger partial charge in [0.2, 0.25) is 0 Å². The molecule has 0 heterocycles. The lowest BCUT2D eigenvalue weighted by atomic mass is 10.3. The predicted octanol–water partition coefficient (Wildman–Crippen LogP) is 3.77. The van der Waals surface area contributed by atoms with Gasteiger partial charge in [-0.15, -0.1) is 0 Å². The van der Waals surface area contributed by atoms with Gasteiger partial charge >= 0.3 is 5.97 Å². The van der Waals surface area contributed by atoms with Crippen LogP contribution in [0.15, 0.2) is 0 Å². The number of carbonyl (C=O) groups is 1. The van der Waals surface area contributed by atoms with Gasteiger partial charge < -0.3 is 9.16 Å². The predicted molar refractivity (Wildman–Crippen MR) is 82.2 cm³/mol. The van der Waals surface area contributed by atoms with Gasteiger partial charge in [0.05, 0.1) is 6.61 Å². The molecule has 0 radical (unpaired) electrons. The second-order valence-corrected chi connectivity index (χ2v) is 9.88. The van der Waals surface area contributed by atoms with Crippen LogP contribution in [-0.2, 0) is 14.0 Å². The van der Waals surface area contributed by atoms with E-state index >= 15 is 0 Å². The van der Waals surface area contributed by atoms with Crippen LogP contribution in [0, 0.1) is 0 Å². The van der Waals surface area contributed by atoms with Crippen molar-refractivity contribution in [1.29, 1.82) is 0 Å². The maximum atomic E-state index is 11.8. The first-order valence-electron chi connectivity index (χ1n) is 6.49. The smallest absolute Gasteiger partial charge is 0.334 e. The zero-order chi connectivity index (χ0) is 13.3. The Morgan fingerprint density at radius 3 is 2.06 bits per heavy atom. The number of alkyl halides is 1. The van der Waals surface area contributed by atoms with Crippen LogP contribution in [0.4, 0.5) is 0 Å². The van der Waals surface area contributed by atoms with Crippen molar-refractivity contribution in [1.82, 2.24) is 0 Å². The van der Waals surface area contributed by atoms with Crippen molar-refractivity contribution in [3.63, 3.8) is 0 Å². The van der Waals surface area contributed by atoms with E-state index in [1.54, 1.807) is 0 Å². The van der Waals surface area contributed by atoms with E-state index in [4.69, 9.17) is 9.16 Å². The summed E-state index contributed by atoms with van der Waals surface area (Å²) in [5, 5.41) is 0. The molecule has 0 aromatic rings. The number of esters is 1. The lowest BCUT2D eigenvalue weighted by Crippen LogP contribution is -2.43. The molecule has 0 aliphatic carbocycles. The molecule has 0 spiro atoms. The molecule has 0 bridgehead atoms. The zero-order valence-electron chi connectivity index (χ0n) is 11.4. The number of hydrogen-bond donors (Lipinski definition) is 0. The van der Waals surface area contributed by atoms with E-state index in [-0.39, 0.29) is 12.1 Å². The average Bonchev–Trinajstić information content (AvgIpc) is 2.35. The van der Waals surface area contributed by atoms with Gasteiger partial charge in [-0.25, -0.2) is 4.79 Å². The maximum absolute atomic E-state index is 11.8. The zero-order valence-corrected chi connectivity index (χ0v) is 14.6. The highest BCUT2D eigenvalue weighted by atomic mass is 127. The molecular formula is C12H25IO3Si. The SMILES string of the molecule is CCOC(=O)[C@H](CCI)O[Si](CC)(CC)CC. The fraction of sp³-hybridized carbons (Fsp3) is 0.917. The van der Waals surface area contributed by atoms with Gasteiger partial charge in [-0.3, -0.25) is 0 Å². The molecule has 0 fully saturated rings. The summed E-state index contributed by atoms with van der Waals surface area (Å²) < 4.78 is 12.2. The van der Waals surface area contributed by atoms with Gasteiger partial charge in [-0.1, -0.05) is 43.4 Å². The third kappa shape index (κ3) is 5.70. The Labute approximate surface area is 120 Å². The molecule has 0 aliphatic rings. The number of ether oxygens (including phenoxy) is 1. The van der Waals surface area contributed by atoms with Crippen LogP contribution < -0.4 is 0 Å². The van der Waals surface area contributed by atoms with Crippen LogP contribution in [0.5, 0.6) is 0 Å². The minimum absolute atomic E-state index is 0.184. The highest BCUT2D eigenvalue weighted by Crippen LogP contribution is 2.25. The van der Waals surface area contributed by atoms with E-state index in [1.807, 2.05) is 6.92 Å². The minimum Gasteiger partial charge on any atom is -0.464 e. The van der Waals surface area contributed by atoms with Gasteiger partial charge in [-0.2, -0.15) is 0 Å².